The number of hydrogen-bond acceptors (Lipinski definition) is 5. The summed E-state index contributed by atoms with van der Waals surface area (Å²) in [6, 6.07) is 21.4. The second kappa shape index (κ2) is 8.98. The van der Waals surface area contributed by atoms with E-state index in [1.807, 2.05) is 62.4 Å². The summed E-state index contributed by atoms with van der Waals surface area (Å²) < 4.78 is 34.0. The van der Waals surface area contributed by atoms with Gasteiger partial charge in [0.05, 0.1) is 29.3 Å². The average molecular weight is 506 g/mol. The normalized spacial score (nSPS) is 15.9. The lowest BCUT2D eigenvalue weighted by molar-refractivity contribution is 0.371. The van der Waals surface area contributed by atoms with Crippen LogP contribution in [0.25, 0.3) is 10.9 Å². The molecule has 35 heavy (non-hydrogen) atoms. The van der Waals surface area contributed by atoms with Crippen LogP contribution in [0.15, 0.2) is 82.8 Å². The zero-order chi connectivity index (χ0) is 24.7. The van der Waals surface area contributed by atoms with Gasteiger partial charge in [-0.25, -0.2) is 4.98 Å². The van der Waals surface area contributed by atoms with Gasteiger partial charge in [0.2, 0.25) is 0 Å². The quantitative estimate of drug-likeness (QED) is 0.309. The van der Waals surface area contributed by atoms with Crippen LogP contribution in [-0.4, -0.2) is 30.6 Å². The topological polar surface area (TPSA) is 71.9 Å². The van der Waals surface area contributed by atoms with Crippen molar-refractivity contribution in [2.24, 2.45) is 5.10 Å². The third-order valence-corrected chi connectivity index (χ3v) is 8.17. The maximum Gasteiger partial charge on any atom is 0.279 e. The van der Waals surface area contributed by atoms with Crippen molar-refractivity contribution in [2.45, 2.75) is 31.2 Å². The summed E-state index contributed by atoms with van der Waals surface area (Å²) in [5.74, 6) is 0.713. The molecule has 0 bridgehead atoms. The minimum absolute atomic E-state index is 0.174. The third-order valence-electron chi connectivity index (χ3n) is 6.17. The second-order valence-corrected chi connectivity index (χ2v) is 10.8. The molecule has 0 aliphatic carbocycles. The molecule has 0 radical (unpaired) electrons. The summed E-state index contributed by atoms with van der Waals surface area (Å²) >= 11 is 6.65. The Bertz CT molecular complexity index is 1550. The number of pyridine rings is 1. The predicted molar refractivity (Wildman–Crippen MR) is 139 cm³/mol. The molecule has 1 aliphatic rings. The first-order valence-electron chi connectivity index (χ1n) is 11.2. The molecule has 0 N–H and O–H groups in total. The number of aryl methyl sites for hydroxylation is 2. The van der Waals surface area contributed by atoms with Crippen molar-refractivity contribution >= 4 is 38.2 Å². The van der Waals surface area contributed by atoms with Gasteiger partial charge < -0.3 is 4.74 Å². The van der Waals surface area contributed by atoms with Gasteiger partial charge in [0.25, 0.3) is 10.0 Å². The van der Waals surface area contributed by atoms with Gasteiger partial charge in [-0.2, -0.15) is 17.9 Å². The number of sulfonamides is 1. The van der Waals surface area contributed by atoms with Crippen molar-refractivity contribution in [3.05, 3.63) is 100 Å². The third kappa shape index (κ3) is 4.37. The molecule has 0 saturated carbocycles. The van der Waals surface area contributed by atoms with Crippen LogP contribution in [-0.2, 0) is 10.0 Å². The molecular formula is C27H24ClN3O3S. The Morgan fingerprint density at radius 2 is 1.63 bits per heavy atom. The van der Waals surface area contributed by atoms with Crippen molar-refractivity contribution in [1.82, 2.24) is 9.40 Å². The Kier molecular flexibility index (Phi) is 5.99. The van der Waals surface area contributed by atoms with E-state index in [1.165, 1.54) is 4.41 Å². The van der Waals surface area contributed by atoms with Crippen molar-refractivity contribution in [2.75, 3.05) is 7.11 Å². The molecular weight excluding hydrogens is 482 g/mol. The lowest BCUT2D eigenvalue weighted by atomic mass is 9.99. The van der Waals surface area contributed by atoms with E-state index in [-0.39, 0.29) is 10.0 Å². The van der Waals surface area contributed by atoms with E-state index in [0.717, 1.165) is 27.6 Å². The van der Waals surface area contributed by atoms with Crippen LogP contribution >= 0.6 is 11.6 Å². The van der Waals surface area contributed by atoms with Gasteiger partial charge in [-0.05, 0) is 73.5 Å². The van der Waals surface area contributed by atoms with Gasteiger partial charge >= 0.3 is 0 Å². The highest BCUT2D eigenvalue weighted by atomic mass is 35.5. The molecule has 2 heterocycles. The maximum absolute atomic E-state index is 13.8. The number of nitrogens with zero attached hydrogens (tertiary/aromatic N) is 3. The Morgan fingerprint density at radius 3 is 2.31 bits per heavy atom. The molecule has 4 aromatic rings. The fourth-order valence-corrected chi connectivity index (χ4v) is 5.92. The molecule has 1 unspecified atom stereocenters. The van der Waals surface area contributed by atoms with Gasteiger partial charge in [0.1, 0.15) is 10.9 Å². The number of ether oxygens (including phenoxy) is 1. The first kappa shape index (κ1) is 23.3. The molecule has 5 rings (SSSR count). The monoisotopic (exact) mass is 505 g/mol. The van der Waals surface area contributed by atoms with Crippen LogP contribution in [0.1, 0.15) is 34.7 Å². The molecule has 0 spiro atoms. The summed E-state index contributed by atoms with van der Waals surface area (Å²) in [6.07, 6.45) is 0.357. The van der Waals surface area contributed by atoms with E-state index in [1.54, 1.807) is 31.4 Å². The van der Waals surface area contributed by atoms with Gasteiger partial charge in [-0.3, -0.25) is 0 Å². The maximum atomic E-state index is 13.8. The SMILES string of the molecule is COc1ccc(C2=NN(S(=O)(=O)c3ccc(C)cc3)C(c3cc4ccc(C)cc4nc3Cl)C2)cc1. The van der Waals surface area contributed by atoms with Gasteiger partial charge in [0, 0.05) is 17.4 Å². The fourth-order valence-electron chi connectivity index (χ4n) is 4.22. The van der Waals surface area contributed by atoms with Crippen LogP contribution in [0, 0.1) is 13.8 Å². The van der Waals surface area contributed by atoms with E-state index in [2.05, 4.69) is 10.1 Å². The zero-order valence-electron chi connectivity index (χ0n) is 19.6. The van der Waals surface area contributed by atoms with Crippen molar-refractivity contribution in [3.63, 3.8) is 0 Å². The van der Waals surface area contributed by atoms with Gasteiger partial charge in [0.15, 0.2) is 0 Å². The standard InChI is InChI=1S/C27H24ClN3O3S/c1-17-5-12-22(13-6-17)35(32,33)31-26(16-25(30-31)19-8-10-21(34-3)11-9-19)23-15-20-7-4-18(2)14-24(20)29-27(23)28/h4-15,26H,16H2,1-3H3. The van der Waals surface area contributed by atoms with Gasteiger partial charge in [-0.15, -0.1) is 0 Å². The summed E-state index contributed by atoms with van der Waals surface area (Å²) in [5, 5.41) is 5.77. The number of aromatic nitrogens is 1. The number of fused-ring (bicyclic) bond motifs is 1. The molecule has 3 aromatic carbocycles. The summed E-state index contributed by atoms with van der Waals surface area (Å²) in [6.45, 7) is 3.90. The number of halogens is 1. The Morgan fingerprint density at radius 1 is 0.943 bits per heavy atom. The lowest BCUT2D eigenvalue weighted by Gasteiger charge is -2.24. The molecule has 0 saturated heterocycles. The fraction of sp³-hybridized carbons (Fsp3) is 0.185. The molecule has 0 fully saturated rings. The van der Waals surface area contributed by atoms with E-state index in [4.69, 9.17) is 16.3 Å². The van der Waals surface area contributed by atoms with E-state index >= 15 is 0 Å². The summed E-state index contributed by atoms with van der Waals surface area (Å²) in [4.78, 5) is 4.75. The molecule has 8 heteroatoms. The molecule has 178 valence electrons. The molecule has 6 nitrogen and oxygen atoms in total. The highest BCUT2D eigenvalue weighted by Crippen LogP contribution is 2.40. The molecule has 1 aromatic heterocycles. The van der Waals surface area contributed by atoms with Crippen LogP contribution in [0.3, 0.4) is 0 Å². The number of hydrogen-bond donors (Lipinski definition) is 0. The van der Waals surface area contributed by atoms with Crippen molar-refractivity contribution < 1.29 is 13.2 Å². The predicted octanol–water partition coefficient (Wildman–Crippen LogP) is 6.05. The van der Waals surface area contributed by atoms with Crippen LogP contribution in [0.5, 0.6) is 5.75 Å². The Hall–Kier alpha value is -3.42. The first-order valence-corrected chi connectivity index (χ1v) is 13.0. The van der Waals surface area contributed by atoms with E-state index in [0.29, 0.717) is 23.4 Å². The Balaban J connectivity index is 1.63. The van der Waals surface area contributed by atoms with E-state index < -0.39 is 16.1 Å². The summed E-state index contributed by atoms with van der Waals surface area (Å²) in [7, 11) is -2.35. The zero-order valence-corrected chi connectivity index (χ0v) is 21.1. The highest BCUT2D eigenvalue weighted by molar-refractivity contribution is 7.89. The minimum Gasteiger partial charge on any atom is -0.497 e. The van der Waals surface area contributed by atoms with Crippen LogP contribution < -0.4 is 4.74 Å². The van der Waals surface area contributed by atoms with Crippen LogP contribution in [0.4, 0.5) is 0 Å². The number of hydrazone groups is 1. The van der Waals surface area contributed by atoms with Crippen molar-refractivity contribution in [1.29, 1.82) is 0 Å². The van der Waals surface area contributed by atoms with E-state index in [9.17, 15) is 8.42 Å². The highest BCUT2D eigenvalue weighted by Gasteiger charge is 2.39. The minimum atomic E-state index is -3.95. The largest absolute Gasteiger partial charge is 0.497 e. The number of methoxy groups -OCH3 is 1. The average Bonchev–Trinajstić information content (AvgIpc) is 3.30. The second-order valence-electron chi connectivity index (χ2n) is 8.65. The Labute approximate surface area is 209 Å². The van der Waals surface area contributed by atoms with Gasteiger partial charge in [-0.1, -0.05) is 41.4 Å². The molecule has 1 atom stereocenters. The lowest BCUT2D eigenvalue weighted by Crippen LogP contribution is -2.27. The number of benzene rings is 3. The van der Waals surface area contributed by atoms with Crippen LogP contribution in [0.2, 0.25) is 5.15 Å². The summed E-state index contributed by atoms with van der Waals surface area (Å²) in [5.41, 5.74) is 4.89. The smallest absolute Gasteiger partial charge is 0.279 e. The van der Waals surface area contributed by atoms with Crippen molar-refractivity contribution in [3.8, 4) is 5.75 Å². The number of rotatable bonds is 5. The molecule has 0 amide bonds. The first-order chi connectivity index (χ1) is 16.8. The molecule has 1 aliphatic heterocycles.